The normalized spacial score (nSPS) is 10.2. The first kappa shape index (κ1) is 14.8. The van der Waals surface area contributed by atoms with Crippen LogP contribution in [0, 0.1) is 17.0 Å². The van der Waals surface area contributed by atoms with Crippen molar-refractivity contribution < 1.29 is 14.8 Å². The Labute approximate surface area is 125 Å². The third kappa shape index (κ3) is 3.29. The predicted octanol–water partition coefficient (Wildman–Crippen LogP) is 3.51. The van der Waals surface area contributed by atoms with Gasteiger partial charge in [0.25, 0.3) is 11.6 Å². The SMILES string of the molecule is Cc1ccc(C(=O)Nc2ccc(O)cc2Cl)cc1[N+](=O)[O-]. The minimum atomic E-state index is -0.542. The van der Waals surface area contributed by atoms with Crippen molar-refractivity contribution in [2.45, 2.75) is 6.92 Å². The van der Waals surface area contributed by atoms with Crippen LogP contribution < -0.4 is 5.32 Å². The molecule has 1 amide bonds. The number of nitrogens with one attached hydrogen (secondary N) is 1. The highest BCUT2D eigenvalue weighted by atomic mass is 35.5. The molecule has 108 valence electrons. The van der Waals surface area contributed by atoms with Gasteiger partial charge in [-0.3, -0.25) is 14.9 Å². The van der Waals surface area contributed by atoms with Crippen LogP contribution in [0.3, 0.4) is 0 Å². The number of nitro groups is 1. The molecule has 2 aromatic rings. The summed E-state index contributed by atoms with van der Waals surface area (Å²) in [5.74, 6) is -0.547. The number of phenolic OH excluding ortho intramolecular Hbond substituents is 1. The lowest BCUT2D eigenvalue weighted by Gasteiger charge is -2.08. The standard InChI is InChI=1S/C14H11ClN2O4/c1-8-2-3-9(6-13(8)17(20)21)14(19)16-12-5-4-10(18)7-11(12)15/h2-7,18H,1H3,(H,16,19). The summed E-state index contributed by atoms with van der Waals surface area (Å²) in [5.41, 5.74) is 0.804. The maximum absolute atomic E-state index is 12.1. The van der Waals surface area contributed by atoms with Gasteiger partial charge in [-0.05, 0) is 25.1 Å². The number of rotatable bonds is 3. The van der Waals surface area contributed by atoms with Gasteiger partial charge in [-0.15, -0.1) is 0 Å². The maximum atomic E-state index is 12.1. The van der Waals surface area contributed by atoms with E-state index in [4.69, 9.17) is 11.6 Å². The van der Waals surface area contributed by atoms with Gasteiger partial charge in [-0.1, -0.05) is 17.7 Å². The Kier molecular flexibility index (Phi) is 4.09. The second-order valence-corrected chi connectivity index (χ2v) is 4.78. The number of hydrogen-bond acceptors (Lipinski definition) is 4. The summed E-state index contributed by atoms with van der Waals surface area (Å²) >= 11 is 5.89. The van der Waals surface area contributed by atoms with Gasteiger partial charge in [-0.2, -0.15) is 0 Å². The molecule has 2 N–H and O–H groups in total. The molecule has 0 saturated heterocycles. The largest absolute Gasteiger partial charge is 0.508 e. The molecule has 0 radical (unpaired) electrons. The van der Waals surface area contributed by atoms with Crippen LogP contribution in [0.2, 0.25) is 5.02 Å². The third-order valence-electron chi connectivity index (χ3n) is 2.87. The summed E-state index contributed by atoms with van der Waals surface area (Å²) in [6.07, 6.45) is 0. The number of nitrogens with zero attached hydrogens (tertiary/aromatic N) is 1. The molecule has 0 heterocycles. The van der Waals surface area contributed by atoms with Crippen molar-refractivity contribution in [3.63, 3.8) is 0 Å². The zero-order chi connectivity index (χ0) is 15.6. The Balaban J connectivity index is 2.28. The van der Waals surface area contributed by atoms with E-state index in [1.807, 2.05) is 0 Å². The lowest BCUT2D eigenvalue weighted by Crippen LogP contribution is -2.12. The van der Waals surface area contributed by atoms with Crippen LogP contribution in [0.5, 0.6) is 5.75 Å². The van der Waals surface area contributed by atoms with Crippen molar-refractivity contribution in [1.82, 2.24) is 0 Å². The van der Waals surface area contributed by atoms with Gasteiger partial charge in [0, 0.05) is 23.3 Å². The molecule has 0 atom stereocenters. The molecular formula is C14H11ClN2O4. The minimum absolute atomic E-state index is 0.0241. The number of nitro benzene ring substituents is 1. The van der Waals surface area contributed by atoms with Gasteiger partial charge in [0.15, 0.2) is 0 Å². The van der Waals surface area contributed by atoms with Crippen LogP contribution >= 0.6 is 11.6 Å². The molecule has 2 aromatic carbocycles. The fourth-order valence-electron chi connectivity index (χ4n) is 1.75. The van der Waals surface area contributed by atoms with Crippen LogP contribution in [-0.2, 0) is 0 Å². The summed E-state index contributed by atoms with van der Waals surface area (Å²) < 4.78 is 0. The molecule has 0 aliphatic rings. The number of carbonyl (C=O) groups is 1. The van der Waals surface area contributed by atoms with Gasteiger partial charge >= 0.3 is 0 Å². The first-order valence-corrected chi connectivity index (χ1v) is 6.31. The van der Waals surface area contributed by atoms with E-state index < -0.39 is 10.8 Å². The lowest BCUT2D eigenvalue weighted by atomic mass is 10.1. The highest BCUT2D eigenvalue weighted by Gasteiger charge is 2.15. The van der Waals surface area contributed by atoms with E-state index in [9.17, 15) is 20.0 Å². The zero-order valence-corrected chi connectivity index (χ0v) is 11.7. The number of hydrogen-bond donors (Lipinski definition) is 2. The maximum Gasteiger partial charge on any atom is 0.273 e. The molecule has 21 heavy (non-hydrogen) atoms. The van der Waals surface area contributed by atoms with E-state index in [0.717, 1.165) is 0 Å². The van der Waals surface area contributed by atoms with Crippen molar-refractivity contribution in [2.75, 3.05) is 5.32 Å². The van der Waals surface area contributed by atoms with Gasteiger partial charge in [0.2, 0.25) is 0 Å². The highest BCUT2D eigenvalue weighted by Crippen LogP contribution is 2.27. The number of aromatic hydroxyl groups is 1. The van der Waals surface area contributed by atoms with Crippen molar-refractivity contribution in [2.24, 2.45) is 0 Å². The minimum Gasteiger partial charge on any atom is -0.508 e. The second-order valence-electron chi connectivity index (χ2n) is 4.38. The monoisotopic (exact) mass is 306 g/mol. The summed E-state index contributed by atoms with van der Waals surface area (Å²) in [5, 5.41) is 22.8. The van der Waals surface area contributed by atoms with Crippen LogP contribution in [0.1, 0.15) is 15.9 Å². The first-order valence-electron chi connectivity index (χ1n) is 5.93. The molecule has 0 aliphatic carbocycles. The average Bonchev–Trinajstić information content (AvgIpc) is 2.42. The first-order chi connectivity index (χ1) is 9.88. The quantitative estimate of drug-likeness (QED) is 0.515. The molecule has 0 aromatic heterocycles. The fourth-order valence-corrected chi connectivity index (χ4v) is 1.97. The van der Waals surface area contributed by atoms with Gasteiger partial charge < -0.3 is 10.4 Å². The Morgan fingerprint density at radius 2 is 2.00 bits per heavy atom. The van der Waals surface area contributed by atoms with Crippen molar-refractivity contribution in [3.05, 3.63) is 62.7 Å². The molecule has 6 nitrogen and oxygen atoms in total. The topological polar surface area (TPSA) is 92.5 Å². The molecule has 7 heteroatoms. The number of aryl methyl sites for hydroxylation is 1. The Bertz CT molecular complexity index is 731. The number of phenols is 1. The molecule has 0 saturated carbocycles. The molecule has 0 spiro atoms. The van der Waals surface area contributed by atoms with E-state index >= 15 is 0 Å². The molecule has 0 aliphatic heterocycles. The van der Waals surface area contributed by atoms with Crippen molar-refractivity contribution in [1.29, 1.82) is 0 Å². The Hall–Kier alpha value is -2.60. The van der Waals surface area contributed by atoms with E-state index in [1.54, 1.807) is 6.92 Å². The van der Waals surface area contributed by atoms with Crippen LogP contribution in [0.25, 0.3) is 0 Å². The summed E-state index contributed by atoms with van der Waals surface area (Å²) in [6, 6.07) is 8.31. The molecular weight excluding hydrogens is 296 g/mol. The predicted molar refractivity (Wildman–Crippen MR) is 78.9 cm³/mol. The lowest BCUT2D eigenvalue weighted by molar-refractivity contribution is -0.385. The average molecular weight is 307 g/mol. The summed E-state index contributed by atoms with van der Waals surface area (Å²) in [6.45, 7) is 1.59. The number of amides is 1. The van der Waals surface area contributed by atoms with E-state index in [0.29, 0.717) is 11.3 Å². The smallest absolute Gasteiger partial charge is 0.273 e. The van der Waals surface area contributed by atoms with Crippen molar-refractivity contribution >= 4 is 28.9 Å². The van der Waals surface area contributed by atoms with Crippen LogP contribution in [-0.4, -0.2) is 15.9 Å². The molecule has 0 fully saturated rings. The van der Waals surface area contributed by atoms with Gasteiger partial charge in [0.1, 0.15) is 5.75 Å². The molecule has 0 unspecified atom stereocenters. The Morgan fingerprint density at radius 1 is 1.29 bits per heavy atom. The summed E-state index contributed by atoms with van der Waals surface area (Å²) in [7, 11) is 0. The summed E-state index contributed by atoms with van der Waals surface area (Å²) in [4.78, 5) is 22.4. The van der Waals surface area contributed by atoms with Crippen LogP contribution in [0.15, 0.2) is 36.4 Å². The number of halogens is 1. The fraction of sp³-hybridized carbons (Fsp3) is 0.0714. The molecule has 2 rings (SSSR count). The van der Waals surface area contributed by atoms with Crippen LogP contribution in [0.4, 0.5) is 11.4 Å². The van der Waals surface area contributed by atoms with Gasteiger partial charge in [-0.25, -0.2) is 0 Å². The number of carbonyl (C=O) groups excluding carboxylic acids is 1. The zero-order valence-electron chi connectivity index (χ0n) is 11.0. The molecule has 0 bridgehead atoms. The highest BCUT2D eigenvalue weighted by molar-refractivity contribution is 6.34. The van der Waals surface area contributed by atoms with E-state index in [-0.39, 0.29) is 22.0 Å². The number of benzene rings is 2. The Morgan fingerprint density at radius 3 is 2.62 bits per heavy atom. The van der Waals surface area contributed by atoms with Crippen molar-refractivity contribution in [3.8, 4) is 5.75 Å². The number of anilines is 1. The second kappa shape index (κ2) is 5.80. The van der Waals surface area contributed by atoms with E-state index in [1.165, 1.54) is 36.4 Å². The van der Waals surface area contributed by atoms with Gasteiger partial charge in [0.05, 0.1) is 15.6 Å². The third-order valence-corrected chi connectivity index (χ3v) is 3.18. The van der Waals surface area contributed by atoms with E-state index in [2.05, 4.69) is 5.32 Å².